The van der Waals surface area contributed by atoms with Crippen molar-refractivity contribution in [3.05, 3.63) is 28.8 Å². The van der Waals surface area contributed by atoms with Crippen molar-refractivity contribution in [1.29, 1.82) is 0 Å². The molecule has 0 spiro atoms. The van der Waals surface area contributed by atoms with Gasteiger partial charge in [0.2, 0.25) is 0 Å². The van der Waals surface area contributed by atoms with Crippen LogP contribution in [0.15, 0.2) is 18.2 Å². The van der Waals surface area contributed by atoms with Gasteiger partial charge < -0.3 is 10.2 Å². The molecular weight excluding hydrogens is 280 g/mol. The molecule has 1 aliphatic heterocycles. The Hall–Kier alpha value is -0.730. The van der Waals surface area contributed by atoms with Crippen molar-refractivity contribution in [2.24, 2.45) is 5.41 Å². The van der Waals surface area contributed by atoms with Crippen molar-refractivity contribution in [2.45, 2.75) is 58.5 Å². The molecule has 0 amide bonds. The number of piperidine rings is 1. The Labute approximate surface area is 133 Å². The lowest BCUT2D eigenvalue weighted by Gasteiger charge is -2.40. The first-order chi connectivity index (χ1) is 10.1. The lowest BCUT2D eigenvalue weighted by molar-refractivity contribution is 0.238. The second-order valence-corrected chi connectivity index (χ2v) is 7.52. The number of nitrogens with zero attached hydrogens (tertiary/aromatic N) is 1. The van der Waals surface area contributed by atoms with Gasteiger partial charge in [-0.25, -0.2) is 0 Å². The average Bonchev–Trinajstić information content (AvgIpc) is 3.31. The molecule has 1 aromatic carbocycles. The number of rotatable bonds is 5. The summed E-state index contributed by atoms with van der Waals surface area (Å²) in [6.45, 7) is 8.03. The predicted molar refractivity (Wildman–Crippen MR) is 91.2 cm³/mol. The van der Waals surface area contributed by atoms with Crippen LogP contribution in [-0.2, 0) is 6.54 Å². The van der Waals surface area contributed by atoms with Crippen LogP contribution in [0.3, 0.4) is 0 Å². The first-order valence-corrected chi connectivity index (χ1v) is 8.74. The normalized spacial score (nSPS) is 21.6. The molecule has 21 heavy (non-hydrogen) atoms. The lowest BCUT2D eigenvalue weighted by atomic mass is 9.78. The quantitative estimate of drug-likeness (QED) is 0.854. The summed E-state index contributed by atoms with van der Waals surface area (Å²) >= 11 is 6.25. The molecule has 116 valence electrons. The predicted octanol–water partition coefficient (Wildman–Crippen LogP) is 4.61. The van der Waals surface area contributed by atoms with E-state index in [4.69, 9.17) is 11.6 Å². The second kappa shape index (κ2) is 6.18. The van der Waals surface area contributed by atoms with Gasteiger partial charge in [-0.3, -0.25) is 0 Å². The summed E-state index contributed by atoms with van der Waals surface area (Å²) in [4.78, 5) is 2.53. The van der Waals surface area contributed by atoms with Crippen LogP contribution in [0.2, 0.25) is 5.02 Å². The van der Waals surface area contributed by atoms with Gasteiger partial charge in [0.15, 0.2) is 0 Å². The monoisotopic (exact) mass is 306 g/mol. The molecule has 0 atom stereocenters. The van der Waals surface area contributed by atoms with Crippen molar-refractivity contribution in [3.63, 3.8) is 0 Å². The first-order valence-electron chi connectivity index (χ1n) is 8.36. The molecule has 0 radical (unpaired) electrons. The number of hydrogen-bond acceptors (Lipinski definition) is 2. The van der Waals surface area contributed by atoms with E-state index in [0.29, 0.717) is 5.41 Å². The van der Waals surface area contributed by atoms with Crippen molar-refractivity contribution < 1.29 is 0 Å². The van der Waals surface area contributed by atoms with Crippen LogP contribution >= 0.6 is 11.6 Å². The fourth-order valence-electron chi connectivity index (χ4n) is 3.16. The Balaban J connectivity index is 1.72. The van der Waals surface area contributed by atoms with Gasteiger partial charge in [-0.05, 0) is 48.8 Å². The molecule has 2 aliphatic rings. The Morgan fingerprint density at radius 3 is 2.62 bits per heavy atom. The maximum atomic E-state index is 6.25. The van der Waals surface area contributed by atoms with Crippen molar-refractivity contribution >= 4 is 17.3 Å². The summed E-state index contributed by atoms with van der Waals surface area (Å²) in [5, 5.41) is 4.48. The van der Waals surface area contributed by atoms with E-state index in [1.165, 1.54) is 43.4 Å². The molecule has 0 aromatic heterocycles. The van der Waals surface area contributed by atoms with Gasteiger partial charge in [-0.2, -0.15) is 0 Å². The highest BCUT2D eigenvalue weighted by Gasteiger charge is 2.29. The summed E-state index contributed by atoms with van der Waals surface area (Å²) in [6.07, 6.45) is 6.52. The molecule has 3 rings (SSSR count). The Morgan fingerprint density at radius 2 is 2.00 bits per heavy atom. The van der Waals surface area contributed by atoms with Crippen LogP contribution in [0, 0.1) is 5.41 Å². The van der Waals surface area contributed by atoms with Crippen molar-refractivity contribution in [2.75, 3.05) is 18.0 Å². The molecule has 1 N–H and O–H groups in total. The zero-order chi connectivity index (χ0) is 14.9. The number of benzene rings is 1. The summed E-state index contributed by atoms with van der Waals surface area (Å²) in [7, 11) is 0. The zero-order valence-electron chi connectivity index (χ0n) is 13.3. The van der Waals surface area contributed by atoms with Crippen LogP contribution in [0.25, 0.3) is 0 Å². The standard InChI is InChI=1S/C18H27ClN2/c1-3-18(2)8-10-21(11-9-18)17-12-15(19)5-4-14(17)13-20-16-6-7-16/h4-5,12,16,20H,3,6-11,13H2,1-2H3. The van der Waals surface area contributed by atoms with Crippen molar-refractivity contribution in [3.8, 4) is 0 Å². The lowest BCUT2D eigenvalue weighted by Crippen LogP contribution is -2.39. The molecule has 3 heteroatoms. The van der Waals surface area contributed by atoms with E-state index in [-0.39, 0.29) is 0 Å². The van der Waals surface area contributed by atoms with E-state index >= 15 is 0 Å². The molecule has 1 aromatic rings. The van der Waals surface area contributed by atoms with Gasteiger partial charge in [-0.1, -0.05) is 37.9 Å². The first kappa shape index (κ1) is 15.2. The molecule has 1 saturated heterocycles. The fourth-order valence-corrected chi connectivity index (χ4v) is 3.33. The largest absolute Gasteiger partial charge is 0.371 e. The smallest absolute Gasteiger partial charge is 0.0426 e. The average molecular weight is 307 g/mol. The number of halogens is 1. The van der Waals surface area contributed by atoms with Gasteiger partial charge in [0, 0.05) is 36.4 Å². The highest BCUT2D eigenvalue weighted by molar-refractivity contribution is 6.30. The third-order valence-corrected chi connectivity index (χ3v) is 5.61. The van der Waals surface area contributed by atoms with Gasteiger partial charge in [0.1, 0.15) is 0 Å². The summed E-state index contributed by atoms with van der Waals surface area (Å²) in [5.41, 5.74) is 3.27. The topological polar surface area (TPSA) is 15.3 Å². The summed E-state index contributed by atoms with van der Waals surface area (Å²) in [5.74, 6) is 0. The Kier molecular flexibility index (Phi) is 4.46. The van der Waals surface area contributed by atoms with Crippen LogP contribution in [0.4, 0.5) is 5.69 Å². The summed E-state index contributed by atoms with van der Waals surface area (Å²) < 4.78 is 0. The van der Waals surface area contributed by atoms with Crippen LogP contribution in [0.5, 0.6) is 0 Å². The van der Waals surface area contributed by atoms with E-state index in [1.54, 1.807) is 0 Å². The molecule has 1 aliphatic carbocycles. The molecular formula is C18H27ClN2. The van der Waals surface area contributed by atoms with E-state index < -0.39 is 0 Å². The molecule has 0 bridgehead atoms. The third kappa shape index (κ3) is 3.73. The Bertz CT molecular complexity index is 488. The number of anilines is 1. The molecule has 1 saturated carbocycles. The van der Waals surface area contributed by atoms with Gasteiger partial charge >= 0.3 is 0 Å². The van der Waals surface area contributed by atoms with Gasteiger partial charge in [-0.15, -0.1) is 0 Å². The van der Waals surface area contributed by atoms with E-state index in [2.05, 4.69) is 36.2 Å². The maximum Gasteiger partial charge on any atom is 0.0426 e. The van der Waals surface area contributed by atoms with Crippen molar-refractivity contribution in [1.82, 2.24) is 5.32 Å². The molecule has 0 unspecified atom stereocenters. The van der Waals surface area contributed by atoms with E-state index in [0.717, 1.165) is 30.7 Å². The van der Waals surface area contributed by atoms with Crippen LogP contribution in [-0.4, -0.2) is 19.1 Å². The second-order valence-electron chi connectivity index (χ2n) is 7.08. The highest BCUT2D eigenvalue weighted by atomic mass is 35.5. The third-order valence-electron chi connectivity index (χ3n) is 5.37. The number of nitrogens with one attached hydrogen (secondary N) is 1. The fraction of sp³-hybridized carbons (Fsp3) is 0.667. The highest BCUT2D eigenvalue weighted by Crippen LogP contribution is 2.37. The minimum atomic E-state index is 0.529. The van der Waals surface area contributed by atoms with E-state index in [9.17, 15) is 0 Å². The Morgan fingerprint density at radius 1 is 1.29 bits per heavy atom. The molecule has 1 heterocycles. The van der Waals surface area contributed by atoms with Crippen LogP contribution < -0.4 is 10.2 Å². The number of hydrogen-bond donors (Lipinski definition) is 1. The maximum absolute atomic E-state index is 6.25. The summed E-state index contributed by atoms with van der Waals surface area (Å²) in [6, 6.07) is 7.12. The SMILES string of the molecule is CCC1(C)CCN(c2cc(Cl)ccc2CNC2CC2)CC1. The van der Waals surface area contributed by atoms with E-state index in [1.807, 2.05) is 6.07 Å². The van der Waals surface area contributed by atoms with Gasteiger partial charge in [0.05, 0.1) is 0 Å². The van der Waals surface area contributed by atoms with Crippen LogP contribution in [0.1, 0.15) is 51.5 Å². The minimum Gasteiger partial charge on any atom is -0.371 e. The zero-order valence-corrected chi connectivity index (χ0v) is 14.0. The molecule has 2 fully saturated rings. The van der Waals surface area contributed by atoms with Gasteiger partial charge in [0.25, 0.3) is 0 Å². The molecule has 2 nitrogen and oxygen atoms in total. The minimum absolute atomic E-state index is 0.529.